The molecule has 3 nitrogen and oxygen atoms in total. The van der Waals surface area contributed by atoms with Crippen LogP contribution in [0, 0.1) is 0 Å². The Morgan fingerprint density at radius 3 is 2.50 bits per heavy atom. The number of esters is 1. The second-order valence-electron chi connectivity index (χ2n) is 4.67. The molecule has 1 N–H and O–H groups in total. The van der Waals surface area contributed by atoms with Crippen molar-refractivity contribution in [2.45, 2.75) is 45.7 Å². The summed E-state index contributed by atoms with van der Waals surface area (Å²) in [7, 11) is 0. The Balaban J connectivity index is 2.31. The molecule has 0 saturated heterocycles. The lowest BCUT2D eigenvalue weighted by Crippen LogP contribution is -2.37. The van der Waals surface area contributed by atoms with Gasteiger partial charge in [0.2, 0.25) is 0 Å². The van der Waals surface area contributed by atoms with E-state index >= 15 is 0 Å². The van der Waals surface area contributed by atoms with Gasteiger partial charge in [-0.1, -0.05) is 30.3 Å². The minimum absolute atomic E-state index is 0.135. The number of nitrogens with one attached hydrogen (secondary N) is 1. The quantitative estimate of drug-likeness (QED) is 0.755. The van der Waals surface area contributed by atoms with Gasteiger partial charge in [0.05, 0.1) is 13.0 Å². The van der Waals surface area contributed by atoms with Gasteiger partial charge in [0, 0.05) is 12.1 Å². The number of carbonyl (C=O) groups is 1. The van der Waals surface area contributed by atoms with Crippen molar-refractivity contribution >= 4 is 5.97 Å². The van der Waals surface area contributed by atoms with Crippen LogP contribution >= 0.6 is 0 Å². The van der Waals surface area contributed by atoms with Crippen molar-refractivity contribution in [3.63, 3.8) is 0 Å². The minimum Gasteiger partial charge on any atom is -0.466 e. The molecule has 1 aromatic carbocycles. The van der Waals surface area contributed by atoms with Crippen LogP contribution in [-0.2, 0) is 16.0 Å². The monoisotopic (exact) mass is 249 g/mol. The van der Waals surface area contributed by atoms with Crippen LogP contribution in [0.3, 0.4) is 0 Å². The molecular formula is C15H23NO2. The molecule has 0 saturated carbocycles. The Morgan fingerprint density at radius 1 is 1.22 bits per heavy atom. The average Bonchev–Trinajstić information content (AvgIpc) is 2.29. The smallest absolute Gasteiger partial charge is 0.307 e. The predicted octanol–water partition coefficient (Wildman–Crippen LogP) is 2.55. The lowest BCUT2D eigenvalue weighted by atomic mass is 10.1. The lowest BCUT2D eigenvalue weighted by molar-refractivity contribution is -0.143. The molecule has 1 aromatic rings. The van der Waals surface area contributed by atoms with E-state index < -0.39 is 0 Å². The van der Waals surface area contributed by atoms with Crippen molar-refractivity contribution in [1.29, 1.82) is 0 Å². The fraction of sp³-hybridized carbons (Fsp3) is 0.533. The van der Waals surface area contributed by atoms with E-state index in [1.54, 1.807) is 0 Å². The first-order valence-electron chi connectivity index (χ1n) is 6.57. The fourth-order valence-electron chi connectivity index (χ4n) is 2.04. The van der Waals surface area contributed by atoms with E-state index in [1.165, 1.54) is 5.56 Å². The molecule has 0 aliphatic heterocycles. The molecular weight excluding hydrogens is 226 g/mol. The Labute approximate surface area is 110 Å². The third kappa shape index (κ3) is 5.82. The van der Waals surface area contributed by atoms with E-state index in [0.717, 1.165) is 6.42 Å². The molecule has 18 heavy (non-hydrogen) atoms. The van der Waals surface area contributed by atoms with Crippen LogP contribution in [-0.4, -0.2) is 24.7 Å². The SMILES string of the molecule is CCOC(=O)CC(C)NC(C)Cc1ccccc1. The highest BCUT2D eigenvalue weighted by Crippen LogP contribution is 2.04. The second-order valence-corrected chi connectivity index (χ2v) is 4.67. The van der Waals surface area contributed by atoms with Crippen LogP contribution in [0.25, 0.3) is 0 Å². The number of hydrogen-bond acceptors (Lipinski definition) is 3. The summed E-state index contributed by atoms with van der Waals surface area (Å²) >= 11 is 0. The number of hydrogen-bond donors (Lipinski definition) is 1. The van der Waals surface area contributed by atoms with Gasteiger partial charge in [-0.25, -0.2) is 0 Å². The highest BCUT2D eigenvalue weighted by atomic mass is 16.5. The van der Waals surface area contributed by atoms with Gasteiger partial charge < -0.3 is 10.1 Å². The zero-order valence-corrected chi connectivity index (χ0v) is 11.5. The maximum Gasteiger partial charge on any atom is 0.307 e. The third-order valence-electron chi connectivity index (χ3n) is 2.73. The van der Waals surface area contributed by atoms with Crippen molar-refractivity contribution in [2.75, 3.05) is 6.61 Å². The molecule has 0 spiro atoms. The fourth-order valence-corrected chi connectivity index (χ4v) is 2.04. The van der Waals surface area contributed by atoms with E-state index in [4.69, 9.17) is 4.74 Å². The highest BCUT2D eigenvalue weighted by Gasteiger charge is 2.12. The maximum absolute atomic E-state index is 11.3. The molecule has 2 unspecified atom stereocenters. The molecule has 2 atom stereocenters. The molecule has 1 rings (SSSR count). The molecule has 0 amide bonds. The predicted molar refractivity (Wildman–Crippen MR) is 73.5 cm³/mol. The summed E-state index contributed by atoms with van der Waals surface area (Å²) in [6, 6.07) is 10.8. The molecule has 0 aromatic heterocycles. The topological polar surface area (TPSA) is 38.3 Å². The van der Waals surface area contributed by atoms with Gasteiger partial charge in [-0.3, -0.25) is 4.79 Å². The first-order chi connectivity index (χ1) is 8.61. The van der Waals surface area contributed by atoms with Crippen molar-refractivity contribution in [3.8, 4) is 0 Å². The van der Waals surface area contributed by atoms with Gasteiger partial charge in [0.1, 0.15) is 0 Å². The van der Waals surface area contributed by atoms with Crippen LogP contribution in [0.2, 0.25) is 0 Å². The second kappa shape index (κ2) is 7.88. The molecule has 0 aliphatic carbocycles. The first-order valence-corrected chi connectivity index (χ1v) is 6.57. The molecule has 0 heterocycles. The molecule has 0 radical (unpaired) electrons. The van der Waals surface area contributed by atoms with Gasteiger partial charge in [0.15, 0.2) is 0 Å². The highest BCUT2D eigenvalue weighted by molar-refractivity contribution is 5.70. The summed E-state index contributed by atoms with van der Waals surface area (Å²) < 4.78 is 4.93. The van der Waals surface area contributed by atoms with Gasteiger partial charge >= 0.3 is 5.97 Å². The van der Waals surface area contributed by atoms with Crippen LogP contribution in [0.15, 0.2) is 30.3 Å². The Kier molecular flexibility index (Phi) is 6.44. The van der Waals surface area contributed by atoms with Crippen LogP contribution in [0.4, 0.5) is 0 Å². The number of carbonyl (C=O) groups excluding carboxylic acids is 1. The van der Waals surface area contributed by atoms with E-state index in [1.807, 2.05) is 32.0 Å². The van der Waals surface area contributed by atoms with Gasteiger partial charge in [-0.15, -0.1) is 0 Å². The van der Waals surface area contributed by atoms with Crippen LogP contribution in [0.1, 0.15) is 32.8 Å². The van der Waals surface area contributed by atoms with Crippen molar-refractivity contribution < 1.29 is 9.53 Å². The standard InChI is InChI=1S/C15H23NO2/c1-4-18-15(17)11-13(3)16-12(2)10-14-8-6-5-7-9-14/h5-9,12-13,16H,4,10-11H2,1-3H3. The summed E-state index contributed by atoms with van der Waals surface area (Å²) in [6.45, 7) is 6.42. The largest absolute Gasteiger partial charge is 0.466 e. The van der Waals surface area contributed by atoms with Gasteiger partial charge in [-0.2, -0.15) is 0 Å². The summed E-state index contributed by atoms with van der Waals surface area (Å²) in [6.07, 6.45) is 1.39. The van der Waals surface area contributed by atoms with Gasteiger partial charge in [0.25, 0.3) is 0 Å². The summed E-state index contributed by atoms with van der Waals surface area (Å²) in [5.41, 5.74) is 1.31. The summed E-state index contributed by atoms with van der Waals surface area (Å²) in [4.78, 5) is 11.3. The molecule has 100 valence electrons. The van der Waals surface area contributed by atoms with E-state index in [0.29, 0.717) is 19.1 Å². The Morgan fingerprint density at radius 2 is 1.89 bits per heavy atom. The van der Waals surface area contributed by atoms with E-state index in [-0.39, 0.29) is 12.0 Å². The number of ether oxygens (including phenoxy) is 1. The normalized spacial score (nSPS) is 13.9. The third-order valence-corrected chi connectivity index (χ3v) is 2.73. The summed E-state index contributed by atoms with van der Waals surface area (Å²) in [5.74, 6) is -0.135. The maximum atomic E-state index is 11.3. The van der Waals surface area contributed by atoms with Crippen LogP contribution < -0.4 is 5.32 Å². The zero-order chi connectivity index (χ0) is 13.4. The molecule has 0 fully saturated rings. The molecule has 0 bridgehead atoms. The Hall–Kier alpha value is -1.35. The van der Waals surface area contributed by atoms with E-state index in [9.17, 15) is 4.79 Å². The molecule has 3 heteroatoms. The summed E-state index contributed by atoms with van der Waals surface area (Å²) in [5, 5.41) is 3.42. The minimum atomic E-state index is -0.135. The van der Waals surface area contributed by atoms with Crippen molar-refractivity contribution in [3.05, 3.63) is 35.9 Å². The Bertz CT molecular complexity index is 351. The lowest BCUT2D eigenvalue weighted by Gasteiger charge is -2.19. The number of rotatable bonds is 7. The molecule has 0 aliphatic rings. The zero-order valence-electron chi connectivity index (χ0n) is 11.5. The first kappa shape index (κ1) is 14.7. The number of benzene rings is 1. The van der Waals surface area contributed by atoms with E-state index in [2.05, 4.69) is 24.4 Å². The van der Waals surface area contributed by atoms with Crippen LogP contribution in [0.5, 0.6) is 0 Å². The van der Waals surface area contributed by atoms with Crippen molar-refractivity contribution in [2.24, 2.45) is 0 Å². The average molecular weight is 249 g/mol. The van der Waals surface area contributed by atoms with Gasteiger partial charge in [-0.05, 0) is 32.8 Å². The van der Waals surface area contributed by atoms with Crippen molar-refractivity contribution in [1.82, 2.24) is 5.32 Å².